The molecule has 0 aliphatic heterocycles. The molecule has 0 unspecified atom stereocenters. The fraction of sp³-hybridized carbons (Fsp3) is 0.222. The number of hydrogen-bond donors (Lipinski definition) is 1. The van der Waals surface area contributed by atoms with E-state index in [-0.39, 0.29) is 15.8 Å². The third-order valence-electron chi connectivity index (χ3n) is 1.85. The van der Waals surface area contributed by atoms with Crippen molar-refractivity contribution in [2.75, 3.05) is 0 Å². The molecule has 0 heterocycles. The molecule has 0 aliphatic carbocycles. The topological polar surface area (TPSA) is 89.7 Å². The molecule has 0 bridgehead atoms. The molecule has 1 atom stereocenters. The molecule has 6 nitrogen and oxygen atoms in total. The Kier molecular flexibility index (Phi) is 4.14. The van der Waals surface area contributed by atoms with Gasteiger partial charge in [-0.1, -0.05) is 23.2 Å². The first-order chi connectivity index (χ1) is 7.82. The van der Waals surface area contributed by atoms with Crippen LogP contribution in [0, 0.1) is 10.1 Å². The molecular formula is C9H7Cl2NO5. The largest absolute Gasteiger partial charge is 0.479 e. The number of carboxylic acid groups (broad SMARTS) is 1. The maximum absolute atomic E-state index is 10.7. The summed E-state index contributed by atoms with van der Waals surface area (Å²) in [5.41, 5.74) is -0.437. The highest BCUT2D eigenvalue weighted by Crippen LogP contribution is 2.36. The average Bonchev–Trinajstić information content (AvgIpc) is 2.22. The highest BCUT2D eigenvalue weighted by molar-refractivity contribution is 6.42. The van der Waals surface area contributed by atoms with E-state index in [2.05, 4.69) is 0 Å². The Hall–Kier alpha value is -1.53. The third-order valence-corrected chi connectivity index (χ3v) is 2.57. The summed E-state index contributed by atoms with van der Waals surface area (Å²) in [6.45, 7) is 1.24. The Labute approximate surface area is 106 Å². The number of ether oxygens (including phenoxy) is 1. The van der Waals surface area contributed by atoms with Gasteiger partial charge in [0.25, 0.3) is 0 Å². The lowest BCUT2D eigenvalue weighted by molar-refractivity contribution is -0.386. The van der Waals surface area contributed by atoms with Crippen LogP contribution in [0.1, 0.15) is 6.92 Å². The molecule has 0 radical (unpaired) electrons. The summed E-state index contributed by atoms with van der Waals surface area (Å²) in [7, 11) is 0. The lowest BCUT2D eigenvalue weighted by atomic mass is 10.3. The van der Waals surface area contributed by atoms with Crippen LogP contribution in [0.4, 0.5) is 5.69 Å². The summed E-state index contributed by atoms with van der Waals surface area (Å²) in [4.78, 5) is 20.6. The molecular weight excluding hydrogens is 273 g/mol. The number of carbonyl (C=O) groups is 1. The first-order valence-electron chi connectivity index (χ1n) is 4.36. The molecule has 1 aromatic rings. The highest BCUT2D eigenvalue weighted by Gasteiger charge is 2.22. The third kappa shape index (κ3) is 3.21. The quantitative estimate of drug-likeness (QED) is 0.676. The number of nitro groups is 1. The number of nitrogens with zero attached hydrogens (tertiary/aromatic N) is 1. The van der Waals surface area contributed by atoms with E-state index in [1.807, 2.05) is 0 Å². The molecule has 0 fully saturated rings. The molecule has 8 heteroatoms. The van der Waals surface area contributed by atoms with Crippen molar-refractivity contribution in [3.63, 3.8) is 0 Å². The van der Waals surface area contributed by atoms with Gasteiger partial charge in [0.15, 0.2) is 11.9 Å². The second-order valence-corrected chi connectivity index (χ2v) is 3.90. The van der Waals surface area contributed by atoms with Gasteiger partial charge in [-0.3, -0.25) is 10.1 Å². The van der Waals surface area contributed by atoms with Gasteiger partial charge in [0.05, 0.1) is 15.0 Å². The number of rotatable bonds is 4. The van der Waals surface area contributed by atoms with Gasteiger partial charge in [-0.2, -0.15) is 0 Å². The first kappa shape index (κ1) is 13.5. The zero-order valence-electron chi connectivity index (χ0n) is 8.52. The van der Waals surface area contributed by atoms with E-state index >= 15 is 0 Å². The smallest absolute Gasteiger partial charge is 0.344 e. The van der Waals surface area contributed by atoms with Gasteiger partial charge in [-0.05, 0) is 6.92 Å². The van der Waals surface area contributed by atoms with Gasteiger partial charge >= 0.3 is 11.7 Å². The number of halogens is 2. The summed E-state index contributed by atoms with van der Waals surface area (Å²) < 4.78 is 4.92. The molecule has 0 saturated heterocycles. The number of hydrogen-bond acceptors (Lipinski definition) is 4. The molecule has 92 valence electrons. The van der Waals surface area contributed by atoms with Gasteiger partial charge in [0.1, 0.15) is 0 Å². The van der Waals surface area contributed by atoms with E-state index in [0.29, 0.717) is 0 Å². The minimum atomic E-state index is -1.25. The van der Waals surface area contributed by atoms with Crippen molar-refractivity contribution in [1.82, 2.24) is 0 Å². The molecule has 0 aliphatic rings. The first-order valence-corrected chi connectivity index (χ1v) is 5.11. The van der Waals surface area contributed by atoms with Gasteiger partial charge in [-0.15, -0.1) is 0 Å². The Morgan fingerprint density at radius 1 is 1.47 bits per heavy atom. The van der Waals surface area contributed by atoms with E-state index in [1.165, 1.54) is 6.92 Å². The van der Waals surface area contributed by atoms with Crippen molar-refractivity contribution in [3.8, 4) is 5.75 Å². The summed E-state index contributed by atoms with van der Waals surface area (Å²) in [6.07, 6.45) is -1.23. The molecule has 0 spiro atoms. The van der Waals surface area contributed by atoms with Crippen LogP contribution in [-0.4, -0.2) is 22.1 Å². The number of nitro benzene ring substituents is 1. The minimum Gasteiger partial charge on any atom is -0.479 e. The normalized spacial score (nSPS) is 11.9. The lowest BCUT2D eigenvalue weighted by Gasteiger charge is -2.11. The van der Waals surface area contributed by atoms with Crippen molar-refractivity contribution in [2.24, 2.45) is 0 Å². The second kappa shape index (κ2) is 5.20. The van der Waals surface area contributed by atoms with Crippen LogP contribution < -0.4 is 4.74 Å². The number of carboxylic acids is 1. The summed E-state index contributed by atoms with van der Waals surface area (Å²) in [6, 6.07) is 2.12. The van der Waals surface area contributed by atoms with Crippen LogP contribution in [0.5, 0.6) is 5.75 Å². The van der Waals surface area contributed by atoms with Gasteiger partial charge in [0.2, 0.25) is 0 Å². The molecule has 1 aromatic carbocycles. The van der Waals surface area contributed by atoms with Crippen molar-refractivity contribution in [1.29, 1.82) is 0 Å². The maximum atomic E-state index is 10.7. The van der Waals surface area contributed by atoms with Crippen LogP contribution in [0.25, 0.3) is 0 Å². The van der Waals surface area contributed by atoms with Crippen molar-refractivity contribution >= 4 is 34.9 Å². The standard InChI is InChI=1S/C9H7Cl2NO5/c1-4(9(13)14)17-8-3-6(11)5(10)2-7(8)12(15)16/h2-4H,1H3,(H,13,14)/t4-/m1/s1. The molecule has 1 N–H and O–H groups in total. The number of benzene rings is 1. The van der Waals surface area contributed by atoms with Gasteiger partial charge < -0.3 is 9.84 Å². The van der Waals surface area contributed by atoms with Crippen LogP contribution in [-0.2, 0) is 4.79 Å². The van der Waals surface area contributed by atoms with Crippen LogP contribution in [0.15, 0.2) is 12.1 Å². The van der Waals surface area contributed by atoms with Crippen LogP contribution in [0.2, 0.25) is 10.0 Å². The van der Waals surface area contributed by atoms with Crippen molar-refractivity contribution in [2.45, 2.75) is 13.0 Å². The van der Waals surface area contributed by atoms with Gasteiger partial charge in [-0.25, -0.2) is 4.79 Å². The second-order valence-electron chi connectivity index (χ2n) is 3.09. The van der Waals surface area contributed by atoms with Crippen molar-refractivity contribution in [3.05, 3.63) is 32.3 Å². The molecule has 0 saturated carbocycles. The van der Waals surface area contributed by atoms with Crippen LogP contribution in [0.3, 0.4) is 0 Å². The zero-order chi connectivity index (χ0) is 13.2. The average molecular weight is 280 g/mol. The zero-order valence-corrected chi connectivity index (χ0v) is 10.0. The summed E-state index contributed by atoms with van der Waals surface area (Å²) >= 11 is 11.3. The Morgan fingerprint density at radius 3 is 2.47 bits per heavy atom. The Morgan fingerprint density at radius 2 is 2.00 bits per heavy atom. The summed E-state index contributed by atoms with van der Waals surface area (Å²) in [5.74, 6) is -1.48. The van der Waals surface area contributed by atoms with E-state index in [0.717, 1.165) is 12.1 Å². The van der Waals surface area contributed by atoms with Gasteiger partial charge in [0, 0.05) is 12.1 Å². The monoisotopic (exact) mass is 279 g/mol. The molecule has 17 heavy (non-hydrogen) atoms. The predicted molar refractivity (Wildman–Crippen MR) is 60.8 cm³/mol. The molecule has 1 rings (SSSR count). The molecule has 0 aromatic heterocycles. The fourth-order valence-electron chi connectivity index (χ4n) is 0.996. The lowest BCUT2D eigenvalue weighted by Crippen LogP contribution is -2.23. The van der Waals surface area contributed by atoms with E-state index in [1.54, 1.807) is 0 Å². The van der Waals surface area contributed by atoms with E-state index in [4.69, 9.17) is 33.0 Å². The Balaban J connectivity index is 3.17. The fourth-order valence-corrected chi connectivity index (χ4v) is 1.31. The maximum Gasteiger partial charge on any atom is 0.344 e. The highest BCUT2D eigenvalue weighted by atomic mass is 35.5. The SMILES string of the molecule is C[C@@H](Oc1cc(Cl)c(Cl)cc1[N+](=O)[O-])C(=O)O. The van der Waals surface area contributed by atoms with E-state index in [9.17, 15) is 14.9 Å². The van der Waals surface area contributed by atoms with Crippen LogP contribution >= 0.6 is 23.2 Å². The Bertz CT molecular complexity index is 477. The minimum absolute atomic E-state index is 0.00584. The van der Waals surface area contributed by atoms with Crippen molar-refractivity contribution < 1.29 is 19.6 Å². The molecule has 0 amide bonds. The van der Waals surface area contributed by atoms with E-state index < -0.39 is 22.7 Å². The summed E-state index contributed by atoms with van der Waals surface area (Å²) in [5, 5.41) is 19.4. The number of aliphatic carboxylic acids is 1. The predicted octanol–water partition coefficient (Wildman–Crippen LogP) is 2.75.